The van der Waals surface area contributed by atoms with E-state index in [1.54, 1.807) is 42.5 Å². The molecule has 1 aromatic heterocycles. The summed E-state index contributed by atoms with van der Waals surface area (Å²) in [6, 6.07) is 12.4. The number of ether oxygens (including phenoxy) is 4. The van der Waals surface area contributed by atoms with E-state index in [4.69, 9.17) is 24.7 Å². The van der Waals surface area contributed by atoms with Crippen LogP contribution in [0.3, 0.4) is 0 Å². The van der Waals surface area contributed by atoms with Crippen LogP contribution < -0.4 is 20.5 Å². The van der Waals surface area contributed by atoms with Gasteiger partial charge in [0.05, 0.1) is 61.2 Å². The first-order valence-electron chi connectivity index (χ1n) is 11.7. The first kappa shape index (κ1) is 28.0. The molecule has 0 spiro atoms. The lowest BCUT2D eigenvalue weighted by Crippen LogP contribution is -2.41. The molecule has 0 aliphatic carbocycles. The standard InChI is InChI=1S/C28H24N2O9S/c1-36-25(32)16-7-5-14(6-8-16)13-18-23(31)30-22(29)20(27(34)38-3)19(21(24(30)40-18)28(35)39-4)15-9-11-17(12-10-15)26(33)37-2/h5-13,19H,29H2,1-4H3. The summed E-state index contributed by atoms with van der Waals surface area (Å²) < 4.78 is 20.9. The highest BCUT2D eigenvalue weighted by Gasteiger charge is 2.39. The maximum atomic E-state index is 13.5. The molecule has 206 valence electrons. The molecule has 0 saturated carbocycles. The van der Waals surface area contributed by atoms with Crippen LogP contribution in [0.15, 0.2) is 58.9 Å². The normalized spacial score (nSPS) is 14.8. The molecule has 1 aliphatic rings. The minimum absolute atomic E-state index is 0.00860. The number of fused-ring (bicyclic) bond motifs is 1. The number of hydrogen-bond acceptors (Lipinski definition) is 11. The van der Waals surface area contributed by atoms with E-state index in [0.29, 0.717) is 16.7 Å². The van der Waals surface area contributed by atoms with Crippen LogP contribution >= 0.6 is 11.3 Å². The van der Waals surface area contributed by atoms with Gasteiger partial charge >= 0.3 is 23.9 Å². The van der Waals surface area contributed by atoms with E-state index in [9.17, 15) is 24.0 Å². The predicted octanol–water partition coefficient (Wildman–Crippen LogP) is 0.733. The van der Waals surface area contributed by atoms with Crippen molar-refractivity contribution < 1.29 is 38.1 Å². The summed E-state index contributed by atoms with van der Waals surface area (Å²) in [5.74, 6) is -4.00. The zero-order valence-electron chi connectivity index (χ0n) is 21.9. The van der Waals surface area contributed by atoms with Crippen molar-refractivity contribution in [2.24, 2.45) is 5.73 Å². The van der Waals surface area contributed by atoms with E-state index in [2.05, 4.69) is 0 Å². The Labute approximate surface area is 231 Å². The number of aromatic nitrogens is 1. The minimum atomic E-state index is -1.07. The Bertz CT molecular complexity index is 1730. The number of nitrogens with zero attached hydrogens (tertiary/aromatic N) is 1. The number of carbonyl (C=O) groups is 4. The molecule has 0 bridgehead atoms. The van der Waals surface area contributed by atoms with Crippen molar-refractivity contribution in [3.63, 3.8) is 0 Å². The van der Waals surface area contributed by atoms with E-state index in [0.717, 1.165) is 23.0 Å². The van der Waals surface area contributed by atoms with Crippen molar-refractivity contribution in [3.05, 3.63) is 95.9 Å². The highest BCUT2D eigenvalue weighted by Crippen LogP contribution is 2.37. The Morgan fingerprint density at radius 1 is 0.750 bits per heavy atom. The van der Waals surface area contributed by atoms with Crippen LogP contribution in [-0.2, 0) is 28.5 Å². The summed E-state index contributed by atoms with van der Waals surface area (Å²) in [4.78, 5) is 63.4. The second-order valence-corrected chi connectivity index (χ2v) is 9.44. The topological polar surface area (TPSA) is 153 Å². The van der Waals surface area contributed by atoms with Crippen LogP contribution in [0.5, 0.6) is 0 Å². The number of thiazole rings is 1. The fourth-order valence-electron chi connectivity index (χ4n) is 4.31. The molecular weight excluding hydrogens is 540 g/mol. The second kappa shape index (κ2) is 11.4. The van der Waals surface area contributed by atoms with Crippen LogP contribution in [0.25, 0.3) is 17.5 Å². The van der Waals surface area contributed by atoms with Crippen LogP contribution in [0.1, 0.15) is 37.8 Å². The van der Waals surface area contributed by atoms with E-state index in [1.165, 1.54) is 33.5 Å². The minimum Gasteiger partial charge on any atom is -0.466 e. The van der Waals surface area contributed by atoms with Gasteiger partial charge in [0, 0.05) is 0 Å². The number of carbonyl (C=O) groups excluding carboxylic acids is 4. The molecule has 2 aromatic carbocycles. The summed E-state index contributed by atoms with van der Waals surface area (Å²) >= 11 is 0.984. The number of methoxy groups -OCH3 is 4. The quantitative estimate of drug-likeness (QED) is 0.335. The molecule has 0 amide bonds. The van der Waals surface area contributed by atoms with E-state index in [1.807, 2.05) is 0 Å². The van der Waals surface area contributed by atoms with Gasteiger partial charge < -0.3 is 24.7 Å². The molecule has 0 radical (unpaired) electrons. The van der Waals surface area contributed by atoms with Crippen LogP contribution in [0.2, 0.25) is 0 Å². The summed E-state index contributed by atoms with van der Waals surface area (Å²) in [5, 5.41) is 0. The van der Waals surface area contributed by atoms with Crippen molar-refractivity contribution in [2.45, 2.75) is 5.92 Å². The van der Waals surface area contributed by atoms with E-state index in [-0.39, 0.29) is 31.7 Å². The third kappa shape index (κ3) is 4.92. The van der Waals surface area contributed by atoms with Gasteiger partial charge in [0.1, 0.15) is 10.5 Å². The fraction of sp³-hybridized carbons (Fsp3) is 0.179. The SMILES string of the molecule is COC(=O)C1=C(N)n2c(sc(=Cc3ccc(C(=O)OC)cc3)c2=O)=C(C(=O)OC)C1c1ccc(C(=O)OC)cc1. The predicted molar refractivity (Wildman–Crippen MR) is 145 cm³/mol. The molecule has 0 fully saturated rings. The summed E-state index contributed by atoms with van der Waals surface area (Å²) in [7, 11) is 4.85. The average molecular weight is 565 g/mol. The molecule has 11 nitrogen and oxygen atoms in total. The first-order chi connectivity index (χ1) is 19.2. The number of nitrogens with two attached hydrogens (primary N) is 1. The van der Waals surface area contributed by atoms with Gasteiger partial charge in [-0.2, -0.15) is 0 Å². The second-order valence-electron chi connectivity index (χ2n) is 8.41. The molecule has 2 heterocycles. The Morgan fingerprint density at radius 3 is 1.73 bits per heavy atom. The van der Waals surface area contributed by atoms with Gasteiger partial charge in [0.15, 0.2) is 0 Å². The highest BCUT2D eigenvalue weighted by atomic mass is 32.1. The van der Waals surface area contributed by atoms with Gasteiger partial charge in [-0.05, 0) is 41.5 Å². The van der Waals surface area contributed by atoms with Crippen molar-refractivity contribution in [1.29, 1.82) is 0 Å². The van der Waals surface area contributed by atoms with Gasteiger partial charge in [-0.15, -0.1) is 11.3 Å². The molecule has 1 unspecified atom stereocenters. The van der Waals surface area contributed by atoms with Crippen molar-refractivity contribution in [3.8, 4) is 0 Å². The third-order valence-corrected chi connectivity index (χ3v) is 7.36. The van der Waals surface area contributed by atoms with Gasteiger partial charge in [-0.3, -0.25) is 9.36 Å². The van der Waals surface area contributed by atoms with Gasteiger partial charge in [0.2, 0.25) is 0 Å². The number of benzene rings is 2. The maximum Gasteiger partial charge on any atom is 0.338 e. The molecule has 2 N–H and O–H groups in total. The monoisotopic (exact) mass is 564 g/mol. The van der Waals surface area contributed by atoms with Crippen LogP contribution in [0, 0.1) is 0 Å². The van der Waals surface area contributed by atoms with Gasteiger partial charge in [-0.25, -0.2) is 19.2 Å². The molecule has 12 heteroatoms. The zero-order chi connectivity index (χ0) is 29.1. The lowest BCUT2D eigenvalue weighted by Gasteiger charge is -2.26. The third-order valence-electron chi connectivity index (χ3n) is 6.25. The van der Waals surface area contributed by atoms with Crippen molar-refractivity contribution >= 4 is 52.7 Å². The Balaban J connectivity index is 2.01. The Morgan fingerprint density at radius 2 is 1.23 bits per heavy atom. The molecule has 4 rings (SSSR count). The zero-order valence-corrected chi connectivity index (χ0v) is 22.7. The number of rotatable bonds is 6. The molecule has 1 atom stereocenters. The highest BCUT2D eigenvalue weighted by molar-refractivity contribution is 7.07. The lowest BCUT2D eigenvalue weighted by molar-refractivity contribution is -0.136. The smallest absolute Gasteiger partial charge is 0.338 e. The van der Waals surface area contributed by atoms with E-state index >= 15 is 0 Å². The average Bonchev–Trinajstić information content (AvgIpc) is 3.31. The maximum absolute atomic E-state index is 13.5. The number of hydrogen-bond donors (Lipinski definition) is 1. The molecule has 3 aromatic rings. The summed E-state index contributed by atoms with van der Waals surface area (Å²) in [6.07, 6.45) is 1.57. The summed E-state index contributed by atoms with van der Waals surface area (Å²) in [6.45, 7) is 0. The molecular formula is C28H24N2O9S. The van der Waals surface area contributed by atoms with E-state index < -0.39 is 35.4 Å². The fourth-order valence-corrected chi connectivity index (χ4v) is 5.48. The van der Waals surface area contributed by atoms with Crippen molar-refractivity contribution in [1.82, 2.24) is 4.57 Å². The largest absolute Gasteiger partial charge is 0.466 e. The molecule has 0 saturated heterocycles. The van der Waals surface area contributed by atoms with Gasteiger partial charge in [-0.1, -0.05) is 24.3 Å². The van der Waals surface area contributed by atoms with Crippen LogP contribution in [-0.4, -0.2) is 56.9 Å². The van der Waals surface area contributed by atoms with Crippen LogP contribution in [0.4, 0.5) is 0 Å². The van der Waals surface area contributed by atoms with Gasteiger partial charge in [0.25, 0.3) is 5.56 Å². The lowest BCUT2D eigenvalue weighted by atomic mass is 9.83. The molecule has 1 aliphatic heterocycles. The summed E-state index contributed by atoms with van der Waals surface area (Å²) in [5.41, 5.74) is 7.29. The Hall–Kier alpha value is -4.97. The Kier molecular flexibility index (Phi) is 8.00. The van der Waals surface area contributed by atoms with Crippen molar-refractivity contribution in [2.75, 3.05) is 28.4 Å². The first-order valence-corrected chi connectivity index (χ1v) is 12.5. The number of esters is 4. The molecule has 40 heavy (non-hydrogen) atoms.